The van der Waals surface area contributed by atoms with E-state index in [9.17, 15) is 23.4 Å². The molecule has 3 atom stereocenters. The van der Waals surface area contributed by atoms with Crippen molar-refractivity contribution in [3.8, 4) is 0 Å². The molecule has 18 heavy (non-hydrogen) atoms. The summed E-state index contributed by atoms with van der Waals surface area (Å²) in [7, 11) is 0. The topological polar surface area (TPSA) is 62.0 Å². The highest BCUT2D eigenvalue weighted by molar-refractivity contribution is 5.83. The van der Waals surface area contributed by atoms with Crippen LogP contribution in [0.1, 0.15) is 11.7 Å². The SMILES string of the molecule is OC1OC(C(F)(F)F)=NC1C(O)c1ccccc1. The average Bonchev–Trinajstić information content (AvgIpc) is 2.71. The molecule has 0 spiro atoms. The fourth-order valence-electron chi connectivity index (χ4n) is 1.63. The molecule has 0 bridgehead atoms. The Kier molecular flexibility index (Phi) is 3.27. The van der Waals surface area contributed by atoms with E-state index in [1.54, 1.807) is 18.2 Å². The molecule has 0 saturated carbocycles. The summed E-state index contributed by atoms with van der Waals surface area (Å²) in [6, 6.07) is 6.60. The summed E-state index contributed by atoms with van der Waals surface area (Å²) >= 11 is 0. The van der Waals surface area contributed by atoms with E-state index in [1.807, 2.05) is 0 Å². The second-order valence-electron chi connectivity index (χ2n) is 3.79. The molecule has 2 N–H and O–H groups in total. The highest BCUT2D eigenvalue weighted by Gasteiger charge is 2.47. The summed E-state index contributed by atoms with van der Waals surface area (Å²) in [5.41, 5.74) is 0.359. The number of hydrogen-bond donors (Lipinski definition) is 2. The molecule has 4 nitrogen and oxygen atoms in total. The number of alkyl halides is 3. The molecule has 1 aliphatic heterocycles. The second kappa shape index (κ2) is 4.58. The van der Waals surface area contributed by atoms with Gasteiger partial charge in [-0.05, 0) is 5.56 Å². The van der Waals surface area contributed by atoms with E-state index in [0.717, 1.165) is 0 Å². The van der Waals surface area contributed by atoms with Gasteiger partial charge in [0.05, 0.1) is 0 Å². The summed E-state index contributed by atoms with van der Waals surface area (Å²) in [5, 5.41) is 19.2. The number of halogens is 3. The number of hydrogen-bond acceptors (Lipinski definition) is 4. The third-order valence-electron chi connectivity index (χ3n) is 2.50. The van der Waals surface area contributed by atoms with E-state index in [1.165, 1.54) is 12.1 Å². The lowest BCUT2D eigenvalue weighted by molar-refractivity contribution is -0.108. The van der Waals surface area contributed by atoms with Crippen LogP contribution in [0.5, 0.6) is 0 Å². The Morgan fingerprint density at radius 2 is 1.83 bits per heavy atom. The molecule has 1 aromatic carbocycles. The number of aliphatic hydroxyl groups is 2. The zero-order valence-corrected chi connectivity index (χ0v) is 9.00. The van der Waals surface area contributed by atoms with E-state index >= 15 is 0 Å². The summed E-state index contributed by atoms with van der Waals surface area (Å²) in [6.07, 6.45) is -7.94. The Morgan fingerprint density at radius 3 is 2.33 bits per heavy atom. The summed E-state index contributed by atoms with van der Waals surface area (Å²) in [6.45, 7) is 0. The zero-order chi connectivity index (χ0) is 13.3. The third kappa shape index (κ3) is 2.46. The standard InChI is InChI=1S/C11H10F3NO3/c12-11(13,14)10-15-7(9(17)18-10)8(16)6-4-2-1-3-5-6/h1-5,7-9,16-17H. The van der Waals surface area contributed by atoms with E-state index in [0.29, 0.717) is 5.56 Å². The smallest absolute Gasteiger partial charge is 0.442 e. The minimum absolute atomic E-state index is 0.359. The van der Waals surface area contributed by atoms with Crippen molar-refractivity contribution in [2.45, 2.75) is 24.6 Å². The van der Waals surface area contributed by atoms with Gasteiger partial charge in [-0.1, -0.05) is 30.3 Å². The number of aliphatic hydroxyl groups excluding tert-OH is 2. The Bertz CT molecular complexity index is 447. The van der Waals surface area contributed by atoms with E-state index < -0.39 is 30.5 Å². The minimum atomic E-state index is -4.77. The molecule has 1 aromatic rings. The lowest BCUT2D eigenvalue weighted by atomic mass is 10.0. The molecule has 2 rings (SSSR count). The van der Waals surface area contributed by atoms with Gasteiger partial charge in [-0.3, -0.25) is 0 Å². The van der Waals surface area contributed by atoms with Gasteiger partial charge < -0.3 is 14.9 Å². The summed E-state index contributed by atoms with van der Waals surface area (Å²) in [4.78, 5) is 3.19. The van der Waals surface area contributed by atoms with E-state index in [-0.39, 0.29) is 0 Å². The monoisotopic (exact) mass is 261 g/mol. The van der Waals surface area contributed by atoms with Gasteiger partial charge in [0.25, 0.3) is 5.90 Å². The number of rotatable bonds is 2. The molecule has 7 heteroatoms. The first kappa shape index (κ1) is 12.8. The van der Waals surface area contributed by atoms with Crippen LogP contribution in [0.4, 0.5) is 13.2 Å². The van der Waals surface area contributed by atoms with Crippen molar-refractivity contribution < 1.29 is 28.1 Å². The second-order valence-corrected chi connectivity index (χ2v) is 3.79. The molecule has 3 unspecified atom stereocenters. The minimum Gasteiger partial charge on any atom is -0.442 e. The lowest BCUT2D eigenvalue weighted by Crippen LogP contribution is -2.29. The zero-order valence-electron chi connectivity index (χ0n) is 9.00. The van der Waals surface area contributed by atoms with Gasteiger partial charge in [0, 0.05) is 0 Å². The van der Waals surface area contributed by atoms with Crippen molar-refractivity contribution in [3.63, 3.8) is 0 Å². The van der Waals surface area contributed by atoms with Crippen molar-refractivity contribution in [2.75, 3.05) is 0 Å². The third-order valence-corrected chi connectivity index (χ3v) is 2.50. The molecule has 0 aliphatic carbocycles. The van der Waals surface area contributed by atoms with E-state index in [2.05, 4.69) is 9.73 Å². The maximum absolute atomic E-state index is 12.3. The van der Waals surface area contributed by atoms with Crippen LogP contribution in [-0.4, -0.2) is 34.6 Å². The molecule has 0 amide bonds. The van der Waals surface area contributed by atoms with Crippen molar-refractivity contribution in [3.05, 3.63) is 35.9 Å². The largest absolute Gasteiger partial charge is 0.468 e. The quantitative estimate of drug-likeness (QED) is 0.845. The fraction of sp³-hybridized carbons (Fsp3) is 0.364. The van der Waals surface area contributed by atoms with Gasteiger partial charge in [-0.2, -0.15) is 13.2 Å². The maximum Gasteiger partial charge on any atom is 0.468 e. The Balaban J connectivity index is 2.21. The Hall–Kier alpha value is -1.60. The first-order valence-corrected chi connectivity index (χ1v) is 5.12. The number of aliphatic imine (C=N–C) groups is 1. The highest BCUT2D eigenvalue weighted by atomic mass is 19.4. The normalized spacial score (nSPS) is 25.5. The Labute approximate surface area is 100 Å². The molecule has 1 heterocycles. The van der Waals surface area contributed by atoms with Crippen LogP contribution >= 0.6 is 0 Å². The molecular formula is C11H10F3NO3. The van der Waals surface area contributed by atoms with Crippen LogP contribution in [0.25, 0.3) is 0 Å². The van der Waals surface area contributed by atoms with Crippen LogP contribution in [0.15, 0.2) is 35.3 Å². The first-order chi connectivity index (χ1) is 8.39. The van der Waals surface area contributed by atoms with Crippen LogP contribution in [0.3, 0.4) is 0 Å². The number of benzene rings is 1. The molecule has 1 aliphatic rings. The van der Waals surface area contributed by atoms with Gasteiger partial charge in [0.15, 0.2) is 0 Å². The number of nitrogens with zero attached hydrogens (tertiary/aromatic N) is 1. The summed E-state index contributed by atoms with van der Waals surface area (Å²) in [5.74, 6) is -1.52. The summed E-state index contributed by atoms with van der Waals surface area (Å²) < 4.78 is 41.2. The molecule has 98 valence electrons. The highest BCUT2D eigenvalue weighted by Crippen LogP contribution is 2.31. The van der Waals surface area contributed by atoms with Crippen LogP contribution in [0.2, 0.25) is 0 Å². The van der Waals surface area contributed by atoms with Crippen molar-refractivity contribution in [2.24, 2.45) is 4.99 Å². The average molecular weight is 261 g/mol. The van der Waals surface area contributed by atoms with Gasteiger partial charge in [-0.15, -0.1) is 0 Å². The van der Waals surface area contributed by atoms with Crippen LogP contribution < -0.4 is 0 Å². The molecule has 0 radical (unpaired) electrons. The van der Waals surface area contributed by atoms with Gasteiger partial charge in [-0.25, -0.2) is 4.99 Å². The first-order valence-electron chi connectivity index (χ1n) is 5.12. The molecule has 0 saturated heterocycles. The Morgan fingerprint density at radius 1 is 1.22 bits per heavy atom. The van der Waals surface area contributed by atoms with Gasteiger partial charge in [0.1, 0.15) is 12.1 Å². The van der Waals surface area contributed by atoms with E-state index in [4.69, 9.17) is 0 Å². The van der Waals surface area contributed by atoms with Gasteiger partial charge in [0.2, 0.25) is 6.29 Å². The van der Waals surface area contributed by atoms with Crippen molar-refractivity contribution in [1.82, 2.24) is 0 Å². The maximum atomic E-state index is 12.3. The van der Waals surface area contributed by atoms with Gasteiger partial charge >= 0.3 is 6.18 Å². The number of ether oxygens (including phenoxy) is 1. The molecule has 0 fully saturated rings. The van der Waals surface area contributed by atoms with Crippen LogP contribution in [0, 0.1) is 0 Å². The van der Waals surface area contributed by atoms with Crippen molar-refractivity contribution >= 4 is 5.90 Å². The van der Waals surface area contributed by atoms with Crippen LogP contribution in [-0.2, 0) is 4.74 Å². The lowest BCUT2D eigenvalue weighted by Gasteiger charge is -2.18. The predicted octanol–water partition coefficient (Wildman–Crippen LogP) is 1.40. The molecular weight excluding hydrogens is 251 g/mol. The fourth-order valence-corrected chi connectivity index (χ4v) is 1.63. The van der Waals surface area contributed by atoms with Crippen molar-refractivity contribution in [1.29, 1.82) is 0 Å². The predicted molar refractivity (Wildman–Crippen MR) is 55.8 cm³/mol. The molecule has 0 aromatic heterocycles.